The first-order valence-corrected chi connectivity index (χ1v) is 6.86. The molecule has 3 rings (SSSR count). The van der Waals surface area contributed by atoms with Gasteiger partial charge in [0.15, 0.2) is 5.65 Å². The van der Waals surface area contributed by atoms with Gasteiger partial charge in [-0.1, -0.05) is 26.0 Å². The summed E-state index contributed by atoms with van der Waals surface area (Å²) in [5.74, 6) is 0.0715. The molecular formula is C16H14N4O2. The summed E-state index contributed by atoms with van der Waals surface area (Å²) in [6.07, 6.45) is 1.36. The van der Waals surface area contributed by atoms with E-state index in [1.807, 2.05) is 19.9 Å². The van der Waals surface area contributed by atoms with Crippen LogP contribution in [-0.4, -0.2) is 19.7 Å². The van der Waals surface area contributed by atoms with Crippen molar-refractivity contribution in [3.05, 3.63) is 51.9 Å². The Hall–Kier alpha value is -3.07. The van der Waals surface area contributed by atoms with Crippen molar-refractivity contribution in [2.75, 3.05) is 0 Å². The average Bonchev–Trinajstić information content (AvgIpc) is 2.90. The number of phenols is 1. The van der Waals surface area contributed by atoms with E-state index in [1.165, 1.54) is 10.7 Å². The monoisotopic (exact) mass is 294 g/mol. The molecule has 2 N–H and O–H groups in total. The highest BCUT2D eigenvalue weighted by Gasteiger charge is 2.19. The lowest BCUT2D eigenvalue weighted by Gasteiger charge is -2.13. The molecule has 0 fully saturated rings. The number of rotatable bonds is 2. The Morgan fingerprint density at radius 3 is 2.82 bits per heavy atom. The predicted octanol–water partition coefficient (Wildman–Crippen LogP) is 2.39. The van der Waals surface area contributed by atoms with Crippen molar-refractivity contribution in [2.45, 2.75) is 19.8 Å². The lowest BCUT2D eigenvalue weighted by atomic mass is 9.98. The van der Waals surface area contributed by atoms with Crippen LogP contribution >= 0.6 is 0 Å². The third-order valence-corrected chi connectivity index (χ3v) is 3.54. The smallest absolute Gasteiger partial charge is 0.278 e. The van der Waals surface area contributed by atoms with E-state index < -0.39 is 0 Å². The first kappa shape index (κ1) is 13.9. The number of aromatic hydroxyl groups is 1. The maximum absolute atomic E-state index is 12.7. The van der Waals surface area contributed by atoms with Gasteiger partial charge in [-0.3, -0.25) is 4.79 Å². The van der Waals surface area contributed by atoms with E-state index in [9.17, 15) is 9.90 Å². The molecule has 0 aliphatic carbocycles. The molecule has 0 saturated heterocycles. The van der Waals surface area contributed by atoms with Crippen molar-refractivity contribution in [1.29, 1.82) is 5.26 Å². The van der Waals surface area contributed by atoms with E-state index in [0.717, 1.165) is 0 Å². The molecule has 0 saturated carbocycles. The molecular weight excluding hydrogens is 280 g/mol. The Morgan fingerprint density at radius 1 is 1.41 bits per heavy atom. The maximum atomic E-state index is 12.7. The molecule has 0 unspecified atom stereocenters. The summed E-state index contributed by atoms with van der Waals surface area (Å²) in [5.41, 5.74) is 2.24. The fourth-order valence-electron chi connectivity index (χ4n) is 2.54. The van der Waals surface area contributed by atoms with E-state index in [-0.39, 0.29) is 17.2 Å². The van der Waals surface area contributed by atoms with Crippen molar-refractivity contribution < 1.29 is 5.11 Å². The zero-order valence-electron chi connectivity index (χ0n) is 12.2. The van der Waals surface area contributed by atoms with Gasteiger partial charge in [-0.2, -0.15) is 14.9 Å². The second-order valence-electron chi connectivity index (χ2n) is 5.35. The van der Waals surface area contributed by atoms with Crippen LogP contribution in [-0.2, 0) is 0 Å². The van der Waals surface area contributed by atoms with Gasteiger partial charge in [0.1, 0.15) is 17.4 Å². The molecule has 0 aliphatic heterocycles. The van der Waals surface area contributed by atoms with Crippen LogP contribution in [0, 0.1) is 11.3 Å². The summed E-state index contributed by atoms with van der Waals surface area (Å²) >= 11 is 0. The summed E-state index contributed by atoms with van der Waals surface area (Å²) < 4.78 is 1.21. The molecule has 6 heteroatoms. The minimum atomic E-state index is -0.261. The van der Waals surface area contributed by atoms with E-state index in [2.05, 4.69) is 10.1 Å². The standard InChI is InChI=1S/C16H14N4O2/c1-9(2)13-14(10-4-3-5-12(21)6-10)19-15-11(7-17)8-18-20(15)16(13)22/h3-6,8-9,19,21H,1-2H3. The SMILES string of the molecule is CC(C)c1c(-c2cccc(O)c2)[nH]c2c(C#N)cnn2c1=O. The second-order valence-corrected chi connectivity index (χ2v) is 5.35. The molecule has 0 bridgehead atoms. The molecule has 0 amide bonds. The maximum Gasteiger partial charge on any atom is 0.278 e. The van der Waals surface area contributed by atoms with Crippen molar-refractivity contribution in [3.8, 4) is 23.1 Å². The van der Waals surface area contributed by atoms with Crippen LogP contribution in [0.25, 0.3) is 16.9 Å². The van der Waals surface area contributed by atoms with Gasteiger partial charge in [0.05, 0.1) is 11.9 Å². The van der Waals surface area contributed by atoms with Crippen LogP contribution in [0.5, 0.6) is 5.75 Å². The predicted molar refractivity (Wildman–Crippen MR) is 81.7 cm³/mol. The molecule has 2 heterocycles. The summed E-state index contributed by atoms with van der Waals surface area (Å²) in [6.45, 7) is 3.83. The first-order chi connectivity index (χ1) is 10.5. The molecule has 6 nitrogen and oxygen atoms in total. The zero-order chi connectivity index (χ0) is 15.9. The summed E-state index contributed by atoms with van der Waals surface area (Å²) in [6, 6.07) is 8.67. The Morgan fingerprint density at radius 2 is 2.18 bits per heavy atom. The van der Waals surface area contributed by atoms with Crippen molar-refractivity contribution in [3.63, 3.8) is 0 Å². The van der Waals surface area contributed by atoms with E-state index in [1.54, 1.807) is 24.3 Å². The lowest BCUT2D eigenvalue weighted by Crippen LogP contribution is -2.22. The largest absolute Gasteiger partial charge is 0.508 e. The fraction of sp³-hybridized carbons (Fsp3) is 0.188. The van der Waals surface area contributed by atoms with E-state index >= 15 is 0 Å². The van der Waals surface area contributed by atoms with Crippen molar-refractivity contribution in [1.82, 2.24) is 14.6 Å². The quantitative estimate of drug-likeness (QED) is 0.758. The number of hydrogen-bond donors (Lipinski definition) is 2. The van der Waals surface area contributed by atoms with Gasteiger partial charge in [-0.15, -0.1) is 0 Å². The molecule has 1 aromatic carbocycles. The number of H-pyrrole nitrogens is 1. The first-order valence-electron chi connectivity index (χ1n) is 6.86. The van der Waals surface area contributed by atoms with Gasteiger partial charge in [0.2, 0.25) is 0 Å². The zero-order valence-corrected chi connectivity index (χ0v) is 12.2. The van der Waals surface area contributed by atoms with Crippen LogP contribution < -0.4 is 5.56 Å². The molecule has 22 heavy (non-hydrogen) atoms. The van der Waals surface area contributed by atoms with E-state index in [0.29, 0.717) is 28.0 Å². The second kappa shape index (κ2) is 5.04. The third kappa shape index (κ3) is 2.04. The number of aromatic nitrogens is 3. The van der Waals surface area contributed by atoms with Crippen LogP contribution in [0.3, 0.4) is 0 Å². The Labute approximate surface area is 126 Å². The number of nitrogens with zero attached hydrogens (tertiary/aromatic N) is 3. The Balaban J connectivity index is 2.44. The molecule has 110 valence electrons. The third-order valence-electron chi connectivity index (χ3n) is 3.54. The van der Waals surface area contributed by atoms with Gasteiger partial charge >= 0.3 is 0 Å². The molecule has 0 radical (unpaired) electrons. The normalized spacial score (nSPS) is 11.0. The summed E-state index contributed by atoms with van der Waals surface area (Å²) in [4.78, 5) is 15.8. The van der Waals surface area contributed by atoms with Gasteiger partial charge in [-0.05, 0) is 18.1 Å². The molecule has 3 aromatic rings. The summed E-state index contributed by atoms with van der Waals surface area (Å²) in [7, 11) is 0. The van der Waals surface area contributed by atoms with Gasteiger partial charge < -0.3 is 10.1 Å². The number of phenolic OH excluding ortho intramolecular Hbond substituents is 1. The number of hydrogen-bond acceptors (Lipinski definition) is 4. The van der Waals surface area contributed by atoms with Crippen molar-refractivity contribution in [2.24, 2.45) is 0 Å². The van der Waals surface area contributed by atoms with Crippen LogP contribution in [0.4, 0.5) is 0 Å². The number of nitriles is 1. The van der Waals surface area contributed by atoms with E-state index in [4.69, 9.17) is 5.26 Å². The van der Waals surface area contributed by atoms with Gasteiger partial charge in [0.25, 0.3) is 5.56 Å². The molecule has 2 aromatic heterocycles. The number of benzene rings is 1. The summed E-state index contributed by atoms with van der Waals surface area (Å²) in [5, 5.41) is 22.8. The van der Waals surface area contributed by atoms with Crippen LogP contribution in [0.1, 0.15) is 30.9 Å². The number of nitrogens with one attached hydrogen (secondary N) is 1. The highest BCUT2D eigenvalue weighted by molar-refractivity contribution is 5.69. The molecule has 0 atom stereocenters. The van der Waals surface area contributed by atoms with Crippen LogP contribution in [0.2, 0.25) is 0 Å². The van der Waals surface area contributed by atoms with Crippen molar-refractivity contribution >= 4 is 5.65 Å². The minimum absolute atomic E-state index is 0.0414. The molecule has 0 spiro atoms. The number of fused-ring (bicyclic) bond motifs is 1. The lowest BCUT2D eigenvalue weighted by molar-refractivity contribution is 0.475. The fourth-order valence-corrected chi connectivity index (χ4v) is 2.54. The minimum Gasteiger partial charge on any atom is -0.508 e. The molecule has 0 aliphatic rings. The Kier molecular flexibility index (Phi) is 3.18. The Bertz CT molecular complexity index is 960. The van der Waals surface area contributed by atoms with Crippen LogP contribution in [0.15, 0.2) is 35.3 Å². The van der Waals surface area contributed by atoms with Gasteiger partial charge in [-0.25, -0.2) is 0 Å². The number of aromatic amines is 1. The topological polar surface area (TPSA) is 94.2 Å². The van der Waals surface area contributed by atoms with Gasteiger partial charge in [0, 0.05) is 11.1 Å². The highest BCUT2D eigenvalue weighted by atomic mass is 16.3. The average molecular weight is 294 g/mol. The highest BCUT2D eigenvalue weighted by Crippen LogP contribution is 2.28.